The van der Waals surface area contributed by atoms with Crippen molar-refractivity contribution in [2.24, 2.45) is 0 Å². The molecule has 20 heavy (non-hydrogen) atoms. The summed E-state index contributed by atoms with van der Waals surface area (Å²) < 4.78 is 31.6. The van der Waals surface area contributed by atoms with Crippen LogP contribution in [-0.2, 0) is 0 Å². The summed E-state index contributed by atoms with van der Waals surface area (Å²) in [5.41, 5.74) is 0.650. The lowest BCUT2D eigenvalue weighted by atomic mass is 10.2. The summed E-state index contributed by atoms with van der Waals surface area (Å²) in [6.45, 7) is 0. The number of fused-ring (bicyclic) bond motifs is 1. The van der Waals surface area contributed by atoms with Crippen molar-refractivity contribution in [2.75, 3.05) is 0 Å². The van der Waals surface area contributed by atoms with Gasteiger partial charge in [0.1, 0.15) is 16.7 Å². The predicted molar refractivity (Wildman–Crippen MR) is 71.0 cm³/mol. The first-order chi connectivity index (χ1) is 9.61. The number of rotatable bonds is 2. The maximum Gasteiger partial charge on any atom is 0.168 e. The second-order valence-electron chi connectivity index (χ2n) is 4.05. The van der Waals surface area contributed by atoms with Crippen LogP contribution in [0.25, 0.3) is 10.9 Å². The average molecular weight is 293 g/mol. The van der Waals surface area contributed by atoms with Crippen LogP contribution >= 0.6 is 11.6 Å². The van der Waals surface area contributed by atoms with Crippen LogP contribution < -0.4 is 4.74 Å². The van der Waals surface area contributed by atoms with E-state index in [9.17, 15) is 8.78 Å². The lowest BCUT2D eigenvalue weighted by Gasteiger charge is -2.07. The molecule has 0 bridgehead atoms. The third kappa shape index (κ3) is 2.53. The molecule has 3 rings (SSSR count). The maximum absolute atomic E-state index is 13.5. The van der Waals surface area contributed by atoms with Crippen molar-refractivity contribution in [3.8, 4) is 11.5 Å². The molecular formula is C14H7ClF2N2O. The van der Waals surface area contributed by atoms with Crippen LogP contribution in [0.5, 0.6) is 11.5 Å². The van der Waals surface area contributed by atoms with E-state index in [1.54, 1.807) is 18.3 Å². The van der Waals surface area contributed by atoms with E-state index in [0.717, 1.165) is 12.1 Å². The number of aromatic nitrogens is 2. The number of benzene rings is 1. The van der Waals surface area contributed by atoms with E-state index >= 15 is 0 Å². The van der Waals surface area contributed by atoms with Crippen LogP contribution in [0.4, 0.5) is 8.78 Å². The van der Waals surface area contributed by atoms with Gasteiger partial charge in [-0.3, -0.25) is 4.98 Å². The smallest absolute Gasteiger partial charge is 0.168 e. The first kappa shape index (κ1) is 12.7. The fourth-order valence-electron chi connectivity index (χ4n) is 1.72. The normalized spacial score (nSPS) is 10.8. The van der Waals surface area contributed by atoms with Gasteiger partial charge in [-0.1, -0.05) is 11.6 Å². The highest BCUT2D eigenvalue weighted by atomic mass is 35.5. The minimum absolute atomic E-state index is 0.0746. The fraction of sp³-hybridized carbons (Fsp3) is 0. The van der Waals surface area contributed by atoms with Crippen molar-refractivity contribution in [3.05, 3.63) is 59.5 Å². The van der Waals surface area contributed by atoms with Gasteiger partial charge in [0.05, 0.1) is 11.7 Å². The summed E-state index contributed by atoms with van der Waals surface area (Å²) in [6.07, 6.45) is 2.97. The van der Waals surface area contributed by atoms with Crippen LogP contribution in [-0.4, -0.2) is 9.97 Å². The van der Waals surface area contributed by atoms with E-state index < -0.39 is 11.6 Å². The highest BCUT2D eigenvalue weighted by Gasteiger charge is 2.07. The zero-order chi connectivity index (χ0) is 14.1. The zero-order valence-corrected chi connectivity index (χ0v) is 10.7. The van der Waals surface area contributed by atoms with E-state index in [0.29, 0.717) is 21.8 Å². The number of halogens is 3. The summed E-state index contributed by atoms with van der Waals surface area (Å²) in [5, 5.41) is 1.04. The summed E-state index contributed by atoms with van der Waals surface area (Å²) in [6, 6.07) is 6.35. The van der Waals surface area contributed by atoms with Gasteiger partial charge in [-0.15, -0.1) is 0 Å². The van der Waals surface area contributed by atoms with E-state index in [-0.39, 0.29) is 5.75 Å². The molecular weight excluding hydrogens is 286 g/mol. The third-order valence-corrected chi connectivity index (χ3v) is 2.84. The molecule has 0 saturated carbocycles. The van der Waals surface area contributed by atoms with Gasteiger partial charge in [0.25, 0.3) is 0 Å². The first-order valence-electron chi connectivity index (χ1n) is 5.66. The van der Waals surface area contributed by atoms with Crippen molar-refractivity contribution >= 4 is 22.5 Å². The Morgan fingerprint density at radius 2 is 1.85 bits per heavy atom. The van der Waals surface area contributed by atoms with Crippen LogP contribution in [0.15, 0.2) is 42.7 Å². The standard InChI is InChI=1S/C14H7ClF2N2O/c15-14-5-12-8(6-19-14)3-10(7-18-12)20-13-2-1-9(16)4-11(13)17/h1-7H. The lowest BCUT2D eigenvalue weighted by Crippen LogP contribution is -1.91. The molecule has 0 atom stereocenters. The molecule has 0 aliphatic heterocycles. The van der Waals surface area contributed by atoms with E-state index in [4.69, 9.17) is 16.3 Å². The van der Waals surface area contributed by atoms with Crippen molar-refractivity contribution in [1.82, 2.24) is 9.97 Å². The fourth-order valence-corrected chi connectivity index (χ4v) is 1.87. The van der Waals surface area contributed by atoms with Crippen LogP contribution in [0, 0.1) is 11.6 Å². The van der Waals surface area contributed by atoms with Crippen LogP contribution in [0.3, 0.4) is 0 Å². The van der Waals surface area contributed by atoms with Gasteiger partial charge < -0.3 is 4.74 Å². The summed E-state index contributed by atoms with van der Waals surface area (Å²) in [4.78, 5) is 8.07. The minimum Gasteiger partial charge on any atom is -0.453 e. The van der Waals surface area contributed by atoms with E-state index in [1.165, 1.54) is 12.3 Å². The molecule has 0 spiro atoms. The summed E-state index contributed by atoms with van der Waals surface area (Å²) in [5.74, 6) is -1.19. The molecule has 0 saturated heterocycles. The first-order valence-corrected chi connectivity index (χ1v) is 6.04. The van der Waals surface area contributed by atoms with E-state index in [1.807, 2.05) is 0 Å². The molecule has 0 aliphatic carbocycles. The SMILES string of the molecule is Fc1ccc(Oc2cnc3cc(Cl)ncc3c2)c(F)c1. The molecule has 6 heteroatoms. The van der Waals surface area contributed by atoms with Crippen molar-refractivity contribution in [3.63, 3.8) is 0 Å². The second-order valence-corrected chi connectivity index (χ2v) is 4.43. The molecule has 3 nitrogen and oxygen atoms in total. The number of nitrogens with zero attached hydrogens (tertiary/aromatic N) is 2. The Morgan fingerprint density at radius 1 is 1.00 bits per heavy atom. The Morgan fingerprint density at radius 3 is 2.65 bits per heavy atom. The molecule has 0 amide bonds. The van der Waals surface area contributed by atoms with Crippen molar-refractivity contribution in [1.29, 1.82) is 0 Å². The molecule has 0 aliphatic rings. The molecule has 2 heterocycles. The van der Waals surface area contributed by atoms with Gasteiger partial charge in [-0.2, -0.15) is 0 Å². The Hall–Kier alpha value is -2.27. The maximum atomic E-state index is 13.5. The molecule has 1 aromatic carbocycles. The number of hydrogen-bond acceptors (Lipinski definition) is 3. The monoisotopic (exact) mass is 292 g/mol. The quantitative estimate of drug-likeness (QED) is 0.659. The molecule has 0 fully saturated rings. The van der Waals surface area contributed by atoms with Crippen molar-refractivity contribution in [2.45, 2.75) is 0 Å². The largest absolute Gasteiger partial charge is 0.453 e. The highest BCUT2D eigenvalue weighted by Crippen LogP contribution is 2.27. The highest BCUT2D eigenvalue weighted by molar-refractivity contribution is 6.29. The lowest BCUT2D eigenvalue weighted by molar-refractivity contribution is 0.437. The van der Waals surface area contributed by atoms with Gasteiger partial charge >= 0.3 is 0 Å². The zero-order valence-electron chi connectivity index (χ0n) is 9.98. The molecule has 2 aromatic heterocycles. The minimum atomic E-state index is -0.778. The van der Waals surface area contributed by atoms with Crippen LogP contribution in [0.2, 0.25) is 5.15 Å². The molecule has 100 valence electrons. The van der Waals surface area contributed by atoms with Gasteiger partial charge in [-0.05, 0) is 18.2 Å². The summed E-state index contributed by atoms with van der Waals surface area (Å²) in [7, 11) is 0. The Bertz CT molecular complexity index is 795. The van der Waals surface area contributed by atoms with Crippen molar-refractivity contribution < 1.29 is 13.5 Å². The second kappa shape index (κ2) is 5.02. The van der Waals surface area contributed by atoms with Crippen LogP contribution in [0.1, 0.15) is 0 Å². The Balaban J connectivity index is 1.96. The van der Waals surface area contributed by atoms with Gasteiger partial charge in [0.15, 0.2) is 11.6 Å². The van der Waals surface area contributed by atoms with Gasteiger partial charge in [0.2, 0.25) is 0 Å². The van der Waals surface area contributed by atoms with Gasteiger partial charge in [-0.25, -0.2) is 13.8 Å². The number of pyridine rings is 2. The Labute approximate surface area is 117 Å². The third-order valence-electron chi connectivity index (χ3n) is 2.63. The summed E-state index contributed by atoms with van der Waals surface area (Å²) >= 11 is 5.76. The molecule has 0 radical (unpaired) electrons. The average Bonchev–Trinajstić information content (AvgIpc) is 2.42. The predicted octanol–water partition coefficient (Wildman–Crippen LogP) is 4.35. The molecule has 3 aromatic rings. The number of hydrogen-bond donors (Lipinski definition) is 0. The molecule has 0 unspecified atom stereocenters. The number of ether oxygens (including phenoxy) is 1. The molecule has 0 N–H and O–H groups in total. The Kier molecular flexibility index (Phi) is 3.20. The topological polar surface area (TPSA) is 35.0 Å². The van der Waals surface area contributed by atoms with E-state index in [2.05, 4.69) is 9.97 Å². The van der Waals surface area contributed by atoms with Gasteiger partial charge in [0, 0.05) is 23.7 Å².